The molecule has 1 N–H and O–H groups in total. The van der Waals surface area contributed by atoms with Gasteiger partial charge in [-0.15, -0.1) is 5.10 Å². The smallest absolute Gasteiger partial charge is 0.271 e. The lowest BCUT2D eigenvalue weighted by molar-refractivity contribution is -0.139. The fourth-order valence-corrected chi connectivity index (χ4v) is 4.97. The SMILES string of the molecule is COc1ccc(CN2C(=O)[C@@]3(SC(NC(C)=O)=NN3C(C)=O)c3ccccc32)cc1. The number of fused-ring (bicyclic) bond motifs is 2. The van der Waals surface area contributed by atoms with Gasteiger partial charge in [-0.2, -0.15) is 5.01 Å². The quantitative estimate of drug-likeness (QED) is 0.817. The largest absolute Gasteiger partial charge is 0.497 e. The first-order chi connectivity index (χ1) is 14.4. The maximum Gasteiger partial charge on any atom is 0.271 e. The predicted molar refractivity (Wildman–Crippen MR) is 114 cm³/mol. The maximum absolute atomic E-state index is 13.8. The molecule has 0 saturated carbocycles. The number of benzene rings is 2. The van der Waals surface area contributed by atoms with Crippen molar-refractivity contribution >= 4 is 40.3 Å². The minimum Gasteiger partial charge on any atom is -0.497 e. The monoisotopic (exact) mass is 424 g/mol. The zero-order chi connectivity index (χ0) is 21.5. The molecule has 0 aromatic heterocycles. The van der Waals surface area contributed by atoms with Crippen LogP contribution in [0.4, 0.5) is 5.69 Å². The molecule has 1 atom stereocenters. The summed E-state index contributed by atoms with van der Waals surface area (Å²) in [4.78, 5) is 38.0. The van der Waals surface area contributed by atoms with Crippen LogP contribution in [0.2, 0.25) is 0 Å². The summed E-state index contributed by atoms with van der Waals surface area (Å²) in [5.74, 6) is -0.275. The molecule has 2 heterocycles. The second-order valence-corrected chi connectivity index (χ2v) is 8.10. The summed E-state index contributed by atoms with van der Waals surface area (Å²) in [6.07, 6.45) is 0. The van der Waals surface area contributed by atoms with Gasteiger partial charge in [0.25, 0.3) is 5.91 Å². The Bertz CT molecular complexity index is 1070. The number of amides is 3. The molecule has 2 aromatic rings. The number of hydrazone groups is 1. The molecule has 0 unspecified atom stereocenters. The van der Waals surface area contributed by atoms with Gasteiger partial charge in [0.15, 0.2) is 5.17 Å². The van der Waals surface area contributed by atoms with Gasteiger partial charge in [0.2, 0.25) is 16.7 Å². The highest BCUT2D eigenvalue weighted by molar-refractivity contribution is 8.15. The van der Waals surface area contributed by atoms with Gasteiger partial charge in [0.1, 0.15) is 5.75 Å². The standard InChI is InChI=1S/C21H20N4O4S/c1-13(26)22-20-23-25(14(2)27)21(30-20)17-6-4-5-7-18(17)24(19(21)28)12-15-8-10-16(29-3)11-9-15/h4-11H,12H2,1-3H3,(H,22,23,26)/t21-/m0/s1. The van der Waals surface area contributed by atoms with Crippen LogP contribution in [0.25, 0.3) is 0 Å². The molecule has 1 spiro atoms. The van der Waals surface area contributed by atoms with Crippen molar-refractivity contribution in [2.24, 2.45) is 5.10 Å². The summed E-state index contributed by atoms with van der Waals surface area (Å²) in [7, 11) is 1.60. The van der Waals surface area contributed by atoms with Crippen LogP contribution in [0.5, 0.6) is 5.75 Å². The first-order valence-electron chi connectivity index (χ1n) is 9.27. The Labute approximate surface area is 177 Å². The fourth-order valence-electron chi connectivity index (χ4n) is 3.63. The van der Waals surface area contributed by atoms with Crippen molar-refractivity contribution in [2.45, 2.75) is 25.3 Å². The number of nitrogens with one attached hydrogen (secondary N) is 1. The number of nitrogens with zero attached hydrogens (tertiary/aromatic N) is 3. The number of para-hydroxylation sites is 1. The second kappa shape index (κ2) is 7.49. The van der Waals surface area contributed by atoms with Gasteiger partial charge < -0.3 is 15.0 Å². The zero-order valence-electron chi connectivity index (χ0n) is 16.7. The topological polar surface area (TPSA) is 91.3 Å². The number of carbonyl (C=O) groups excluding carboxylic acids is 3. The Hall–Kier alpha value is -3.33. The van der Waals surface area contributed by atoms with Crippen molar-refractivity contribution in [2.75, 3.05) is 12.0 Å². The lowest BCUT2D eigenvalue weighted by Gasteiger charge is -2.29. The number of hydrogen-bond acceptors (Lipinski definition) is 6. The molecular weight excluding hydrogens is 404 g/mol. The van der Waals surface area contributed by atoms with E-state index in [9.17, 15) is 14.4 Å². The van der Waals surface area contributed by atoms with Crippen molar-refractivity contribution in [1.29, 1.82) is 0 Å². The minimum atomic E-state index is -1.38. The van der Waals surface area contributed by atoms with Gasteiger partial charge in [0, 0.05) is 19.4 Å². The molecule has 30 heavy (non-hydrogen) atoms. The number of methoxy groups -OCH3 is 1. The van der Waals surface area contributed by atoms with E-state index in [4.69, 9.17) is 4.74 Å². The molecule has 2 aliphatic rings. The van der Waals surface area contributed by atoms with Gasteiger partial charge in [-0.1, -0.05) is 30.3 Å². The summed E-state index contributed by atoms with van der Waals surface area (Å²) < 4.78 is 5.20. The molecule has 0 aliphatic carbocycles. The summed E-state index contributed by atoms with van der Waals surface area (Å²) >= 11 is 1.07. The predicted octanol–water partition coefficient (Wildman–Crippen LogP) is 2.40. The Morgan fingerprint density at radius 3 is 2.47 bits per heavy atom. The lowest BCUT2D eigenvalue weighted by atomic mass is 10.1. The van der Waals surface area contributed by atoms with Crippen LogP contribution < -0.4 is 15.0 Å². The first-order valence-corrected chi connectivity index (χ1v) is 10.1. The van der Waals surface area contributed by atoms with Crippen LogP contribution in [-0.4, -0.2) is 35.0 Å². The number of ether oxygens (including phenoxy) is 1. The van der Waals surface area contributed by atoms with E-state index >= 15 is 0 Å². The molecular formula is C21H20N4O4S. The van der Waals surface area contributed by atoms with Gasteiger partial charge in [-0.3, -0.25) is 14.4 Å². The average molecular weight is 424 g/mol. The molecule has 4 rings (SSSR count). The third kappa shape index (κ3) is 3.11. The summed E-state index contributed by atoms with van der Waals surface area (Å²) in [5.41, 5.74) is 2.28. The van der Waals surface area contributed by atoms with E-state index in [1.54, 1.807) is 12.0 Å². The fraction of sp³-hybridized carbons (Fsp3) is 0.238. The normalized spacial score (nSPS) is 19.7. The van der Waals surface area contributed by atoms with E-state index in [2.05, 4.69) is 10.4 Å². The van der Waals surface area contributed by atoms with Crippen LogP contribution in [0.15, 0.2) is 53.6 Å². The van der Waals surface area contributed by atoms with Crippen LogP contribution in [0.1, 0.15) is 25.0 Å². The molecule has 2 aromatic carbocycles. The van der Waals surface area contributed by atoms with Gasteiger partial charge in [-0.05, 0) is 35.5 Å². The Morgan fingerprint density at radius 1 is 1.13 bits per heavy atom. The summed E-state index contributed by atoms with van der Waals surface area (Å²) in [5, 5.41) is 8.23. The lowest BCUT2D eigenvalue weighted by Crippen LogP contribution is -2.48. The van der Waals surface area contributed by atoms with E-state index < -0.39 is 10.8 Å². The first kappa shape index (κ1) is 20.0. The van der Waals surface area contributed by atoms with Crippen LogP contribution in [-0.2, 0) is 25.8 Å². The average Bonchev–Trinajstić information content (AvgIpc) is 3.21. The highest BCUT2D eigenvalue weighted by Crippen LogP contribution is 2.54. The number of hydrogen-bond donors (Lipinski definition) is 1. The van der Waals surface area contributed by atoms with Crippen LogP contribution >= 0.6 is 11.8 Å². The van der Waals surface area contributed by atoms with Crippen molar-refractivity contribution in [3.8, 4) is 5.75 Å². The third-order valence-electron chi connectivity index (χ3n) is 4.91. The van der Waals surface area contributed by atoms with E-state index in [1.165, 1.54) is 13.8 Å². The number of rotatable bonds is 3. The molecule has 8 nitrogen and oxygen atoms in total. The molecule has 0 radical (unpaired) electrons. The van der Waals surface area contributed by atoms with Crippen molar-refractivity contribution in [1.82, 2.24) is 10.3 Å². The molecule has 0 fully saturated rings. The van der Waals surface area contributed by atoms with Crippen LogP contribution in [0, 0.1) is 0 Å². The molecule has 9 heteroatoms. The zero-order valence-corrected chi connectivity index (χ0v) is 17.5. The molecule has 0 bridgehead atoms. The molecule has 0 saturated heterocycles. The Kier molecular flexibility index (Phi) is 4.98. The maximum atomic E-state index is 13.8. The summed E-state index contributed by atoms with van der Waals surface area (Å²) in [6.45, 7) is 3.03. The molecule has 2 aliphatic heterocycles. The second-order valence-electron chi connectivity index (χ2n) is 6.92. The van der Waals surface area contributed by atoms with Crippen molar-refractivity contribution < 1.29 is 19.1 Å². The van der Waals surface area contributed by atoms with Gasteiger partial charge in [0.05, 0.1) is 19.3 Å². The molecule has 154 valence electrons. The van der Waals surface area contributed by atoms with E-state index in [0.29, 0.717) is 17.8 Å². The highest BCUT2D eigenvalue weighted by atomic mass is 32.2. The third-order valence-corrected chi connectivity index (χ3v) is 6.15. The number of anilines is 1. The van der Waals surface area contributed by atoms with Crippen LogP contribution in [0.3, 0.4) is 0 Å². The van der Waals surface area contributed by atoms with Crippen molar-refractivity contribution in [3.63, 3.8) is 0 Å². The molecule has 3 amide bonds. The van der Waals surface area contributed by atoms with Gasteiger partial charge in [-0.25, -0.2) is 0 Å². The summed E-state index contributed by atoms with van der Waals surface area (Å²) in [6, 6.07) is 14.8. The van der Waals surface area contributed by atoms with Gasteiger partial charge >= 0.3 is 0 Å². The number of thioether (sulfide) groups is 1. The number of amidine groups is 1. The Morgan fingerprint density at radius 2 is 1.83 bits per heavy atom. The van der Waals surface area contributed by atoms with E-state index in [0.717, 1.165) is 28.1 Å². The van der Waals surface area contributed by atoms with E-state index in [1.807, 2.05) is 48.5 Å². The van der Waals surface area contributed by atoms with E-state index in [-0.39, 0.29) is 17.0 Å². The van der Waals surface area contributed by atoms with Crippen molar-refractivity contribution in [3.05, 3.63) is 59.7 Å². The highest BCUT2D eigenvalue weighted by Gasteiger charge is 2.61. The number of carbonyl (C=O) groups is 3. The Balaban J connectivity index is 1.76. The minimum absolute atomic E-state index is 0.215.